The average molecular weight is 281 g/mol. The summed E-state index contributed by atoms with van der Waals surface area (Å²) in [6.45, 7) is 0. The molecule has 2 aliphatic rings. The standard InChI is InChI=1S/C13H13BrS/c14-11-3-5-12(6-4-11)15-13-8-9-1-2-10(13)7-9/h1-6,9-10,13H,7-8H2/t9-,10+,13-/m1/s1. The minimum Gasteiger partial charge on any atom is -0.122 e. The number of fused-ring (bicyclic) bond motifs is 2. The van der Waals surface area contributed by atoms with E-state index in [1.54, 1.807) is 0 Å². The van der Waals surface area contributed by atoms with Crippen molar-refractivity contribution in [1.29, 1.82) is 0 Å². The van der Waals surface area contributed by atoms with Crippen LogP contribution in [0.25, 0.3) is 0 Å². The molecular formula is C13H13BrS. The van der Waals surface area contributed by atoms with Crippen LogP contribution >= 0.6 is 27.7 Å². The van der Waals surface area contributed by atoms with Crippen molar-refractivity contribution in [1.82, 2.24) is 0 Å². The van der Waals surface area contributed by atoms with E-state index in [2.05, 4.69) is 64.1 Å². The normalized spacial score (nSPS) is 32.5. The summed E-state index contributed by atoms with van der Waals surface area (Å²) in [5.41, 5.74) is 0. The zero-order chi connectivity index (χ0) is 10.3. The van der Waals surface area contributed by atoms with E-state index in [1.165, 1.54) is 22.2 Å². The summed E-state index contributed by atoms with van der Waals surface area (Å²) in [6.07, 6.45) is 7.60. The molecule has 2 bridgehead atoms. The second-order valence-corrected chi connectivity index (χ2v) is 6.62. The predicted octanol–water partition coefficient (Wildman–Crippen LogP) is 4.51. The monoisotopic (exact) mass is 280 g/mol. The van der Waals surface area contributed by atoms with Gasteiger partial charge < -0.3 is 0 Å². The molecule has 78 valence electrons. The summed E-state index contributed by atoms with van der Waals surface area (Å²) in [7, 11) is 0. The molecule has 1 aromatic carbocycles. The van der Waals surface area contributed by atoms with Crippen LogP contribution < -0.4 is 0 Å². The van der Waals surface area contributed by atoms with Crippen molar-refractivity contribution in [2.75, 3.05) is 0 Å². The summed E-state index contributed by atoms with van der Waals surface area (Å²) in [5, 5.41) is 0.821. The molecule has 0 aromatic heterocycles. The Kier molecular flexibility index (Phi) is 2.65. The summed E-state index contributed by atoms with van der Waals surface area (Å²) in [6, 6.07) is 8.69. The number of benzene rings is 1. The molecule has 1 saturated carbocycles. The Morgan fingerprint density at radius 1 is 1.07 bits per heavy atom. The molecule has 0 N–H and O–H groups in total. The Balaban J connectivity index is 1.71. The van der Waals surface area contributed by atoms with Crippen LogP contribution in [0.4, 0.5) is 0 Å². The largest absolute Gasteiger partial charge is 0.122 e. The number of rotatable bonds is 2. The van der Waals surface area contributed by atoms with Crippen molar-refractivity contribution in [2.24, 2.45) is 11.8 Å². The van der Waals surface area contributed by atoms with Crippen molar-refractivity contribution in [3.8, 4) is 0 Å². The van der Waals surface area contributed by atoms with Gasteiger partial charge in [0.25, 0.3) is 0 Å². The van der Waals surface area contributed by atoms with Crippen molar-refractivity contribution < 1.29 is 0 Å². The van der Waals surface area contributed by atoms with Gasteiger partial charge in [-0.3, -0.25) is 0 Å². The second kappa shape index (κ2) is 3.99. The molecule has 0 aliphatic heterocycles. The van der Waals surface area contributed by atoms with Crippen LogP contribution in [0.15, 0.2) is 45.8 Å². The Bertz CT molecular complexity index is 382. The highest BCUT2D eigenvalue weighted by molar-refractivity contribution is 9.10. The van der Waals surface area contributed by atoms with Gasteiger partial charge in [-0.1, -0.05) is 28.1 Å². The van der Waals surface area contributed by atoms with Gasteiger partial charge in [0.1, 0.15) is 0 Å². The molecule has 0 nitrogen and oxygen atoms in total. The predicted molar refractivity (Wildman–Crippen MR) is 69.1 cm³/mol. The van der Waals surface area contributed by atoms with Gasteiger partial charge in [-0.05, 0) is 48.9 Å². The molecule has 0 unspecified atom stereocenters. The Labute approximate surface area is 103 Å². The fourth-order valence-electron chi connectivity index (χ4n) is 2.55. The molecule has 3 rings (SSSR count). The molecule has 1 fully saturated rings. The Morgan fingerprint density at radius 2 is 1.87 bits per heavy atom. The topological polar surface area (TPSA) is 0 Å². The van der Waals surface area contributed by atoms with Crippen molar-refractivity contribution in [3.63, 3.8) is 0 Å². The quantitative estimate of drug-likeness (QED) is 0.719. The third-order valence-corrected chi connectivity index (χ3v) is 5.24. The minimum atomic E-state index is 0.821. The maximum Gasteiger partial charge on any atom is 0.0176 e. The summed E-state index contributed by atoms with van der Waals surface area (Å²) >= 11 is 5.52. The summed E-state index contributed by atoms with van der Waals surface area (Å²) < 4.78 is 1.17. The number of hydrogen-bond acceptors (Lipinski definition) is 1. The van der Waals surface area contributed by atoms with Gasteiger partial charge in [0, 0.05) is 14.6 Å². The second-order valence-electron chi connectivity index (χ2n) is 4.39. The number of thioether (sulfide) groups is 1. The third kappa shape index (κ3) is 2.02. The van der Waals surface area contributed by atoms with E-state index in [9.17, 15) is 0 Å². The van der Waals surface area contributed by atoms with E-state index < -0.39 is 0 Å². The van der Waals surface area contributed by atoms with Crippen LogP contribution in [0.2, 0.25) is 0 Å². The molecule has 0 saturated heterocycles. The Morgan fingerprint density at radius 3 is 2.47 bits per heavy atom. The van der Waals surface area contributed by atoms with Gasteiger partial charge in [-0.25, -0.2) is 0 Å². The first-order chi connectivity index (χ1) is 7.31. The average Bonchev–Trinajstić information content (AvgIpc) is 2.83. The SMILES string of the molecule is Brc1ccc(S[C@@H]2C[C@@H]3C=C[C@H]2C3)cc1. The number of halogens is 1. The molecule has 2 heteroatoms. The van der Waals surface area contributed by atoms with Crippen LogP contribution in [0.1, 0.15) is 12.8 Å². The maximum absolute atomic E-state index is 3.47. The smallest absolute Gasteiger partial charge is 0.0176 e. The fraction of sp³-hybridized carbons (Fsp3) is 0.385. The van der Waals surface area contributed by atoms with Crippen LogP contribution in [0, 0.1) is 11.8 Å². The summed E-state index contributed by atoms with van der Waals surface area (Å²) in [4.78, 5) is 1.41. The van der Waals surface area contributed by atoms with Gasteiger partial charge in [-0.2, -0.15) is 0 Å². The van der Waals surface area contributed by atoms with Crippen molar-refractivity contribution in [2.45, 2.75) is 23.0 Å². The summed E-state index contributed by atoms with van der Waals surface area (Å²) in [5.74, 6) is 1.71. The van der Waals surface area contributed by atoms with Crippen molar-refractivity contribution >= 4 is 27.7 Å². The molecule has 0 heterocycles. The minimum absolute atomic E-state index is 0.821. The lowest BCUT2D eigenvalue weighted by Crippen LogP contribution is -2.08. The number of hydrogen-bond donors (Lipinski definition) is 0. The van der Waals surface area contributed by atoms with Crippen LogP contribution in [0.3, 0.4) is 0 Å². The molecule has 3 atom stereocenters. The zero-order valence-electron chi connectivity index (χ0n) is 8.40. The molecule has 0 spiro atoms. The highest BCUT2D eigenvalue weighted by Crippen LogP contribution is 2.47. The van der Waals surface area contributed by atoms with E-state index in [0.29, 0.717) is 0 Å². The van der Waals surface area contributed by atoms with Gasteiger partial charge >= 0.3 is 0 Å². The number of allylic oxidation sites excluding steroid dienone is 2. The van der Waals surface area contributed by atoms with Gasteiger partial charge in [0.2, 0.25) is 0 Å². The van der Waals surface area contributed by atoms with Crippen LogP contribution in [-0.4, -0.2) is 5.25 Å². The molecular weight excluding hydrogens is 268 g/mol. The molecule has 0 radical (unpaired) electrons. The van der Waals surface area contributed by atoms with E-state index in [-0.39, 0.29) is 0 Å². The first-order valence-corrected chi connectivity index (χ1v) is 7.09. The molecule has 15 heavy (non-hydrogen) atoms. The lowest BCUT2D eigenvalue weighted by Gasteiger charge is -2.17. The molecule has 1 aromatic rings. The van der Waals surface area contributed by atoms with E-state index in [1.807, 2.05) is 0 Å². The van der Waals surface area contributed by atoms with Crippen LogP contribution in [0.5, 0.6) is 0 Å². The zero-order valence-corrected chi connectivity index (χ0v) is 10.8. The maximum atomic E-state index is 3.47. The van der Waals surface area contributed by atoms with Gasteiger partial charge in [0.05, 0.1) is 0 Å². The van der Waals surface area contributed by atoms with E-state index in [4.69, 9.17) is 0 Å². The highest BCUT2D eigenvalue weighted by atomic mass is 79.9. The van der Waals surface area contributed by atoms with Crippen molar-refractivity contribution in [3.05, 3.63) is 40.9 Å². The van der Waals surface area contributed by atoms with Gasteiger partial charge in [-0.15, -0.1) is 11.8 Å². The molecule has 2 aliphatic carbocycles. The van der Waals surface area contributed by atoms with Crippen LogP contribution in [-0.2, 0) is 0 Å². The third-order valence-electron chi connectivity index (χ3n) is 3.32. The molecule has 0 amide bonds. The van der Waals surface area contributed by atoms with Gasteiger partial charge in [0.15, 0.2) is 0 Å². The van der Waals surface area contributed by atoms with E-state index in [0.717, 1.165) is 17.1 Å². The fourth-order valence-corrected chi connectivity index (χ4v) is 4.18. The lowest BCUT2D eigenvalue weighted by atomic mass is 10.1. The first kappa shape index (κ1) is 9.98. The highest BCUT2D eigenvalue weighted by Gasteiger charge is 2.35. The lowest BCUT2D eigenvalue weighted by molar-refractivity contribution is 0.692. The van der Waals surface area contributed by atoms with E-state index >= 15 is 0 Å². The first-order valence-electron chi connectivity index (χ1n) is 5.42. The Hall–Kier alpha value is -0.210.